The first-order valence-corrected chi connectivity index (χ1v) is 16.0. The Balaban J connectivity index is 1.39. The van der Waals surface area contributed by atoms with E-state index in [1.54, 1.807) is 0 Å². The van der Waals surface area contributed by atoms with Crippen LogP contribution >= 0.6 is 0 Å². The molecule has 0 spiro atoms. The highest BCUT2D eigenvalue weighted by Gasteiger charge is 2.44. The first-order valence-electron chi connectivity index (χ1n) is 16.0. The maximum absolute atomic E-state index is 12.2. The van der Waals surface area contributed by atoms with Gasteiger partial charge >= 0.3 is 11.9 Å². The van der Waals surface area contributed by atoms with E-state index in [1.165, 1.54) is 57.3 Å². The Morgan fingerprint density at radius 2 is 1.36 bits per heavy atom. The van der Waals surface area contributed by atoms with E-state index in [2.05, 4.69) is 98.8 Å². The molecule has 7 rings (SSSR count). The van der Waals surface area contributed by atoms with Crippen LogP contribution in [0.4, 0.5) is 0 Å². The molecular weight excluding hydrogens is 556 g/mol. The largest absolute Gasteiger partial charge is 0.466 e. The van der Waals surface area contributed by atoms with Crippen molar-refractivity contribution in [3.05, 3.63) is 108 Å². The first kappa shape index (κ1) is 29.0. The van der Waals surface area contributed by atoms with Crippen LogP contribution in [0.3, 0.4) is 0 Å². The average Bonchev–Trinajstić information content (AvgIpc) is 3.29. The van der Waals surface area contributed by atoms with Crippen LogP contribution in [0.2, 0.25) is 0 Å². The summed E-state index contributed by atoms with van der Waals surface area (Å²) < 4.78 is 11.1. The Hall–Kier alpha value is -4.70. The molecule has 4 nitrogen and oxygen atoms in total. The van der Waals surface area contributed by atoms with E-state index in [0.717, 1.165) is 34.2 Å². The fraction of sp³-hybridized carbons (Fsp3) is 0.268. The van der Waals surface area contributed by atoms with E-state index < -0.39 is 5.41 Å². The number of fused-ring (bicyclic) bond motifs is 3. The van der Waals surface area contributed by atoms with Crippen LogP contribution in [0.5, 0.6) is 0 Å². The number of benzene rings is 6. The average molecular weight is 595 g/mol. The van der Waals surface area contributed by atoms with Gasteiger partial charge in [-0.15, -0.1) is 0 Å². The molecule has 6 aromatic carbocycles. The monoisotopic (exact) mass is 594 g/mol. The van der Waals surface area contributed by atoms with Crippen molar-refractivity contribution in [2.75, 3.05) is 13.2 Å². The highest BCUT2D eigenvalue weighted by Crippen LogP contribution is 2.53. The normalized spacial score (nSPS) is 15.6. The van der Waals surface area contributed by atoms with E-state index in [4.69, 9.17) is 9.47 Å². The lowest BCUT2D eigenvalue weighted by Crippen LogP contribution is -2.33. The van der Waals surface area contributed by atoms with Crippen LogP contribution in [0.1, 0.15) is 57.2 Å². The number of carbonyl (C=O) groups excluding carboxylic acids is 2. The molecule has 0 bridgehead atoms. The smallest absolute Gasteiger partial charge is 0.302 e. The standard InChI is InChI=1S/C41H38O4/c1-25(2)20-28-21-31-11-10-29-12-15-33(36-17-14-32(22-28)39(31)40(29)36)30-13-16-35-34-8-5-6-9-37(34)41(38(35)23-30,24-45-27(4)43)18-7-19-44-26(3)42/h5-6,8-17,21-23,25H,7,18-20,24H2,1-4H3. The summed E-state index contributed by atoms with van der Waals surface area (Å²) in [5.41, 5.74) is 7.76. The Kier molecular flexibility index (Phi) is 7.32. The second kappa shape index (κ2) is 11.3. The van der Waals surface area contributed by atoms with Gasteiger partial charge in [0.1, 0.15) is 6.61 Å². The van der Waals surface area contributed by atoms with Crippen molar-refractivity contribution in [2.24, 2.45) is 5.92 Å². The topological polar surface area (TPSA) is 52.6 Å². The third-order valence-corrected chi connectivity index (χ3v) is 9.46. The third-order valence-electron chi connectivity index (χ3n) is 9.46. The van der Waals surface area contributed by atoms with Gasteiger partial charge in [0, 0.05) is 13.8 Å². The molecule has 0 saturated carbocycles. The molecule has 0 amide bonds. The van der Waals surface area contributed by atoms with Gasteiger partial charge in [-0.25, -0.2) is 0 Å². The van der Waals surface area contributed by atoms with Gasteiger partial charge in [0.15, 0.2) is 0 Å². The van der Waals surface area contributed by atoms with Gasteiger partial charge in [-0.1, -0.05) is 98.8 Å². The van der Waals surface area contributed by atoms with Gasteiger partial charge in [0.25, 0.3) is 0 Å². The zero-order valence-corrected chi connectivity index (χ0v) is 26.4. The first-order chi connectivity index (χ1) is 21.7. The molecule has 0 radical (unpaired) electrons. The molecule has 4 heteroatoms. The van der Waals surface area contributed by atoms with Crippen LogP contribution in [-0.4, -0.2) is 25.2 Å². The van der Waals surface area contributed by atoms with Crippen molar-refractivity contribution in [1.29, 1.82) is 0 Å². The highest BCUT2D eigenvalue weighted by atomic mass is 16.5. The number of esters is 2. The van der Waals surface area contributed by atoms with Crippen LogP contribution < -0.4 is 0 Å². The van der Waals surface area contributed by atoms with Crippen LogP contribution in [0, 0.1) is 5.92 Å². The summed E-state index contributed by atoms with van der Waals surface area (Å²) in [4.78, 5) is 23.7. The Labute approximate surface area is 264 Å². The zero-order chi connectivity index (χ0) is 31.3. The van der Waals surface area contributed by atoms with Gasteiger partial charge < -0.3 is 9.47 Å². The Bertz CT molecular complexity index is 2070. The maximum Gasteiger partial charge on any atom is 0.302 e. The fourth-order valence-corrected chi connectivity index (χ4v) is 7.66. The highest BCUT2D eigenvalue weighted by molar-refractivity contribution is 6.25. The van der Waals surface area contributed by atoms with Crippen molar-refractivity contribution in [3.8, 4) is 22.3 Å². The van der Waals surface area contributed by atoms with Crippen LogP contribution in [0.25, 0.3) is 54.6 Å². The molecular formula is C41H38O4. The summed E-state index contributed by atoms with van der Waals surface area (Å²) in [6, 6.07) is 33.4. The molecule has 6 aromatic rings. The second-order valence-corrected chi connectivity index (χ2v) is 13.0. The van der Waals surface area contributed by atoms with Crippen molar-refractivity contribution < 1.29 is 19.1 Å². The van der Waals surface area contributed by atoms with Gasteiger partial charge in [0.2, 0.25) is 0 Å². The summed E-state index contributed by atoms with van der Waals surface area (Å²) in [6.07, 6.45) is 2.39. The van der Waals surface area contributed by atoms with E-state index in [0.29, 0.717) is 25.4 Å². The molecule has 0 aliphatic heterocycles. The maximum atomic E-state index is 12.2. The lowest BCUT2D eigenvalue weighted by molar-refractivity contribution is -0.142. The molecule has 1 atom stereocenters. The lowest BCUT2D eigenvalue weighted by Gasteiger charge is -2.32. The Morgan fingerprint density at radius 3 is 2.11 bits per heavy atom. The van der Waals surface area contributed by atoms with Crippen molar-refractivity contribution >= 4 is 44.3 Å². The van der Waals surface area contributed by atoms with Gasteiger partial charge in [-0.3, -0.25) is 9.59 Å². The molecule has 1 aliphatic rings. The molecule has 0 aromatic heterocycles. The fourth-order valence-electron chi connectivity index (χ4n) is 7.66. The van der Waals surface area contributed by atoms with Crippen molar-refractivity contribution in [2.45, 2.75) is 52.4 Å². The summed E-state index contributed by atoms with van der Waals surface area (Å²) in [5.74, 6) is 0.00823. The lowest BCUT2D eigenvalue weighted by atomic mass is 9.74. The summed E-state index contributed by atoms with van der Waals surface area (Å²) in [7, 11) is 0. The minimum Gasteiger partial charge on any atom is -0.466 e. The van der Waals surface area contributed by atoms with Gasteiger partial charge in [-0.2, -0.15) is 0 Å². The minimum absolute atomic E-state index is 0.229. The van der Waals surface area contributed by atoms with E-state index >= 15 is 0 Å². The predicted octanol–water partition coefficient (Wildman–Crippen LogP) is 9.62. The molecule has 1 unspecified atom stereocenters. The number of carbonyl (C=O) groups is 2. The Morgan fingerprint density at radius 1 is 0.689 bits per heavy atom. The summed E-state index contributed by atoms with van der Waals surface area (Å²) in [5, 5.41) is 7.68. The van der Waals surface area contributed by atoms with Crippen LogP contribution in [0.15, 0.2) is 91.0 Å². The quantitative estimate of drug-likeness (QED) is 0.0950. The van der Waals surface area contributed by atoms with E-state index in [-0.39, 0.29) is 18.5 Å². The van der Waals surface area contributed by atoms with Gasteiger partial charge in [-0.05, 0) is 103 Å². The molecule has 0 N–H and O–H groups in total. The minimum atomic E-state index is -0.551. The van der Waals surface area contributed by atoms with Crippen molar-refractivity contribution in [3.63, 3.8) is 0 Å². The molecule has 0 heterocycles. The van der Waals surface area contributed by atoms with E-state index in [9.17, 15) is 9.59 Å². The molecule has 1 aliphatic carbocycles. The summed E-state index contributed by atoms with van der Waals surface area (Å²) in [6.45, 7) is 7.98. The zero-order valence-electron chi connectivity index (χ0n) is 26.4. The summed E-state index contributed by atoms with van der Waals surface area (Å²) >= 11 is 0. The number of ether oxygens (including phenoxy) is 2. The molecule has 45 heavy (non-hydrogen) atoms. The number of hydrogen-bond acceptors (Lipinski definition) is 4. The SMILES string of the molecule is CC(=O)OCCCC1(COC(C)=O)c2ccccc2-c2ccc(-c3ccc4ccc5cc(CC(C)C)cc6ccc3c4c56)cc21. The van der Waals surface area contributed by atoms with Crippen molar-refractivity contribution in [1.82, 2.24) is 0 Å². The molecule has 0 saturated heterocycles. The van der Waals surface area contributed by atoms with E-state index in [1.807, 2.05) is 6.07 Å². The predicted molar refractivity (Wildman–Crippen MR) is 183 cm³/mol. The third kappa shape index (κ3) is 5.03. The molecule has 226 valence electrons. The van der Waals surface area contributed by atoms with Gasteiger partial charge in [0.05, 0.1) is 12.0 Å². The van der Waals surface area contributed by atoms with Crippen LogP contribution in [-0.2, 0) is 30.9 Å². The molecule has 0 fully saturated rings. The number of rotatable bonds is 9. The number of hydrogen-bond donors (Lipinski definition) is 0. The second-order valence-electron chi connectivity index (χ2n) is 13.0.